The predicted octanol–water partition coefficient (Wildman–Crippen LogP) is 3.52. The lowest BCUT2D eigenvalue weighted by atomic mass is 10.2. The maximum atomic E-state index is 5.73. The van der Waals surface area contributed by atoms with Gasteiger partial charge in [-0.3, -0.25) is 0 Å². The van der Waals surface area contributed by atoms with E-state index in [1.54, 1.807) is 11.3 Å². The number of nitrogens with one attached hydrogen (secondary N) is 1. The average molecular weight is 256 g/mol. The van der Waals surface area contributed by atoms with Crippen molar-refractivity contribution in [2.24, 2.45) is 0 Å². The highest BCUT2D eigenvalue weighted by Crippen LogP contribution is 2.25. The number of nitrogens with zero attached hydrogens (tertiary/aromatic N) is 1. The normalized spacial score (nSPS) is 12.9. The van der Waals surface area contributed by atoms with Crippen molar-refractivity contribution in [1.82, 2.24) is 10.3 Å². The van der Waals surface area contributed by atoms with Crippen LogP contribution in [0.4, 0.5) is 0 Å². The second kappa shape index (κ2) is 8.61. The Bertz CT molecular complexity index is 295. The Kier molecular flexibility index (Phi) is 7.40. The van der Waals surface area contributed by atoms with Crippen LogP contribution in [0.25, 0.3) is 0 Å². The Balaban J connectivity index is 2.51. The molecule has 1 atom stereocenters. The second-order valence-electron chi connectivity index (χ2n) is 4.09. The molecule has 98 valence electrons. The smallest absolute Gasteiger partial charge is 0.122 e. The van der Waals surface area contributed by atoms with Crippen LogP contribution in [0.3, 0.4) is 0 Å². The zero-order valence-corrected chi connectivity index (χ0v) is 12.0. The van der Waals surface area contributed by atoms with Crippen LogP contribution in [0.2, 0.25) is 0 Å². The third-order valence-corrected chi connectivity index (χ3v) is 3.48. The van der Waals surface area contributed by atoms with Crippen molar-refractivity contribution in [2.75, 3.05) is 13.2 Å². The van der Waals surface area contributed by atoms with Crippen molar-refractivity contribution < 1.29 is 4.74 Å². The minimum atomic E-state index is 0.190. The molecule has 1 rings (SSSR count). The summed E-state index contributed by atoms with van der Waals surface area (Å²) in [6, 6.07) is 0. The molecule has 0 amide bonds. The van der Waals surface area contributed by atoms with Crippen LogP contribution >= 0.6 is 11.3 Å². The SMILES string of the molecule is CCCNCc1csc(C(CCC)OCC)n1. The lowest BCUT2D eigenvalue weighted by Gasteiger charge is -2.12. The predicted molar refractivity (Wildman–Crippen MR) is 73.4 cm³/mol. The summed E-state index contributed by atoms with van der Waals surface area (Å²) in [5.74, 6) is 0. The van der Waals surface area contributed by atoms with Crippen molar-refractivity contribution in [3.8, 4) is 0 Å². The van der Waals surface area contributed by atoms with Gasteiger partial charge in [-0.2, -0.15) is 0 Å². The first-order chi connectivity index (χ1) is 8.31. The molecule has 0 spiro atoms. The molecule has 17 heavy (non-hydrogen) atoms. The third kappa shape index (κ3) is 5.15. The fourth-order valence-corrected chi connectivity index (χ4v) is 2.59. The first-order valence-electron chi connectivity index (χ1n) is 6.58. The van der Waals surface area contributed by atoms with E-state index in [0.29, 0.717) is 0 Å². The van der Waals surface area contributed by atoms with Gasteiger partial charge in [0.2, 0.25) is 0 Å². The van der Waals surface area contributed by atoms with Crippen molar-refractivity contribution >= 4 is 11.3 Å². The number of aromatic nitrogens is 1. The topological polar surface area (TPSA) is 34.1 Å². The van der Waals surface area contributed by atoms with Crippen molar-refractivity contribution in [3.05, 3.63) is 16.1 Å². The first kappa shape index (κ1) is 14.6. The molecule has 0 saturated heterocycles. The van der Waals surface area contributed by atoms with Gasteiger partial charge in [0.05, 0.1) is 5.69 Å². The van der Waals surface area contributed by atoms with Crippen LogP contribution < -0.4 is 5.32 Å². The van der Waals surface area contributed by atoms with Gasteiger partial charge < -0.3 is 10.1 Å². The summed E-state index contributed by atoms with van der Waals surface area (Å²) < 4.78 is 5.73. The Labute approximate surface area is 109 Å². The highest BCUT2D eigenvalue weighted by molar-refractivity contribution is 7.09. The quantitative estimate of drug-likeness (QED) is 0.686. The molecule has 0 aliphatic carbocycles. The second-order valence-corrected chi connectivity index (χ2v) is 4.98. The number of rotatable bonds is 9. The molecule has 0 bridgehead atoms. The Morgan fingerprint density at radius 1 is 1.35 bits per heavy atom. The molecule has 0 radical (unpaired) electrons. The summed E-state index contributed by atoms with van der Waals surface area (Å²) in [5.41, 5.74) is 1.14. The van der Waals surface area contributed by atoms with Crippen molar-refractivity contribution in [1.29, 1.82) is 0 Å². The van der Waals surface area contributed by atoms with Gasteiger partial charge in [-0.15, -0.1) is 11.3 Å². The lowest BCUT2D eigenvalue weighted by Crippen LogP contribution is -2.14. The zero-order valence-electron chi connectivity index (χ0n) is 11.2. The van der Waals surface area contributed by atoms with E-state index in [1.807, 2.05) is 6.92 Å². The van der Waals surface area contributed by atoms with Gasteiger partial charge >= 0.3 is 0 Å². The molecule has 0 aliphatic heterocycles. The van der Waals surface area contributed by atoms with Gasteiger partial charge in [0, 0.05) is 18.5 Å². The van der Waals surface area contributed by atoms with Crippen LogP contribution in [0.1, 0.15) is 56.8 Å². The minimum absolute atomic E-state index is 0.190. The number of thiazole rings is 1. The molecule has 0 saturated carbocycles. The largest absolute Gasteiger partial charge is 0.371 e. The summed E-state index contributed by atoms with van der Waals surface area (Å²) in [5, 5.41) is 6.64. The van der Waals surface area contributed by atoms with Crippen LogP contribution in [0.15, 0.2) is 5.38 Å². The lowest BCUT2D eigenvalue weighted by molar-refractivity contribution is 0.0554. The van der Waals surface area contributed by atoms with E-state index in [1.165, 1.54) is 0 Å². The maximum absolute atomic E-state index is 5.73. The maximum Gasteiger partial charge on any atom is 0.122 e. The van der Waals surface area contributed by atoms with E-state index in [0.717, 1.165) is 49.7 Å². The molecule has 4 heteroatoms. The molecule has 3 nitrogen and oxygen atoms in total. The van der Waals surface area contributed by atoms with Crippen LogP contribution in [0.5, 0.6) is 0 Å². The fraction of sp³-hybridized carbons (Fsp3) is 0.769. The molecule has 0 aliphatic rings. The van der Waals surface area contributed by atoms with Crippen molar-refractivity contribution in [2.45, 2.75) is 52.7 Å². The van der Waals surface area contributed by atoms with Crippen LogP contribution in [-0.4, -0.2) is 18.1 Å². The van der Waals surface area contributed by atoms with Crippen LogP contribution in [-0.2, 0) is 11.3 Å². The minimum Gasteiger partial charge on any atom is -0.371 e. The van der Waals surface area contributed by atoms with Crippen molar-refractivity contribution in [3.63, 3.8) is 0 Å². The number of hydrogen-bond donors (Lipinski definition) is 1. The Morgan fingerprint density at radius 3 is 2.82 bits per heavy atom. The molecule has 0 aromatic carbocycles. The van der Waals surface area contributed by atoms with Gasteiger partial charge in [-0.05, 0) is 26.3 Å². The molecule has 0 fully saturated rings. The van der Waals surface area contributed by atoms with Gasteiger partial charge in [-0.25, -0.2) is 4.98 Å². The van der Waals surface area contributed by atoms with Gasteiger partial charge in [0.1, 0.15) is 11.1 Å². The summed E-state index contributed by atoms with van der Waals surface area (Å²) >= 11 is 1.72. The standard InChI is InChI=1S/C13H24N2OS/c1-4-7-12(16-6-3)13-15-11(10-17-13)9-14-8-5-2/h10,12,14H,4-9H2,1-3H3. The van der Waals surface area contributed by atoms with Gasteiger partial charge in [0.25, 0.3) is 0 Å². The molecule has 1 heterocycles. The molecular weight excluding hydrogens is 232 g/mol. The van der Waals surface area contributed by atoms with E-state index in [9.17, 15) is 0 Å². The Morgan fingerprint density at radius 2 is 2.18 bits per heavy atom. The number of ether oxygens (including phenoxy) is 1. The van der Waals surface area contributed by atoms with Gasteiger partial charge in [0.15, 0.2) is 0 Å². The molecular formula is C13H24N2OS. The molecule has 1 N–H and O–H groups in total. The van der Waals surface area contributed by atoms with E-state index < -0.39 is 0 Å². The monoisotopic (exact) mass is 256 g/mol. The van der Waals surface area contributed by atoms with E-state index in [4.69, 9.17) is 4.74 Å². The third-order valence-electron chi connectivity index (χ3n) is 2.50. The highest BCUT2D eigenvalue weighted by Gasteiger charge is 2.14. The summed E-state index contributed by atoms with van der Waals surface area (Å²) in [4.78, 5) is 4.65. The molecule has 1 aromatic heterocycles. The highest BCUT2D eigenvalue weighted by atomic mass is 32.1. The summed E-state index contributed by atoms with van der Waals surface area (Å²) in [6.45, 7) is 9.08. The molecule has 1 unspecified atom stereocenters. The van der Waals surface area contributed by atoms with Crippen LogP contribution in [0, 0.1) is 0 Å². The zero-order chi connectivity index (χ0) is 12.5. The van der Waals surface area contributed by atoms with E-state index >= 15 is 0 Å². The number of hydrogen-bond acceptors (Lipinski definition) is 4. The average Bonchev–Trinajstić information content (AvgIpc) is 2.78. The van der Waals surface area contributed by atoms with E-state index in [2.05, 4.69) is 29.5 Å². The first-order valence-corrected chi connectivity index (χ1v) is 7.46. The fourth-order valence-electron chi connectivity index (χ4n) is 1.69. The van der Waals surface area contributed by atoms with E-state index in [-0.39, 0.29) is 6.10 Å². The molecule has 1 aromatic rings. The summed E-state index contributed by atoms with van der Waals surface area (Å²) in [7, 11) is 0. The Hall–Kier alpha value is -0.450. The summed E-state index contributed by atoms with van der Waals surface area (Å²) in [6.07, 6.45) is 3.54. The van der Waals surface area contributed by atoms with Gasteiger partial charge in [-0.1, -0.05) is 20.3 Å².